The summed E-state index contributed by atoms with van der Waals surface area (Å²) in [4.78, 5) is 0. The van der Waals surface area contributed by atoms with E-state index in [0.717, 1.165) is 0 Å². The van der Waals surface area contributed by atoms with Gasteiger partial charge in [-0.2, -0.15) is 0 Å². The van der Waals surface area contributed by atoms with Gasteiger partial charge in [0.1, 0.15) is 0 Å². The third-order valence-electron chi connectivity index (χ3n) is 1.47. The smallest absolute Gasteiger partial charge is 0.0925 e. The highest BCUT2D eigenvalue weighted by Crippen LogP contribution is 2.25. The Bertz CT molecular complexity index is 275. The molecule has 0 aliphatic carbocycles. The van der Waals surface area contributed by atoms with Crippen LogP contribution in [-0.4, -0.2) is 11.0 Å². The summed E-state index contributed by atoms with van der Waals surface area (Å²) in [7, 11) is 0. The van der Waals surface area contributed by atoms with Gasteiger partial charge in [0.25, 0.3) is 0 Å². The quantitative estimate of drug-likeness (QED) is 0.766. The van der Waals surface area contributed by atoms with Crippen molar-refractivity contribution >= 4 is 34.8 Å². The second-order valence-corrected chi connectivity index (χ2v) is 3.47. The van der Waals surface area contributed by atoms with Gasteiger partial charge in [-0.15, -0.1) is 11.6 Å². The van der Waals surface area contributed by atoms with Crippen molar-refractivity contribution in [2.24, 2.45) is 0 Å². The number of alkyl halides is 1. The average Bonchev–Trinajstić information content (AvgIpc) is 2.08. The van der Waals surface area contributed by atoms with Crippen molar-refractivity contribution in [2.75, 3.05) is 5.88 Å². The van der Waals surface area contributed by atoms with E-state index in [2.05, 4.69) is 0 Å². The lowest BCUT2D eigenvalue weighted by molar-refractivity contribution is 0.202. The predicted octanol–water partition coefficient (Wildman–Crippen LogP) is 3.27. The number of hydrogen-bond donors (Lipinski definition) is 1. The third kappa shape index (κ3) is 2.27. The van der Waals surface area contributed by atoms with Gasteiger partial charge >= 0.3 is 0 Å². The summed E-state index contributed by atoms with van der Waals surface area (Å²) in [6.45, 7) is 0. The zero-order chi connectivity index (χ0) is 9.14. The second kappa shape index (κ2) is 4.33. The van der Waals surface area contributed by atoms with Crippen molar-refractivity contribution in [3.63, 3.8) is 0 Å². The molecule has 0 heterocycles. The molecule has 1 atom stereocenters. The van der Waals surface area contributed by atoms with Crippen molar-refractivity contribution in [1.29, 1.82) is 0 Å². The Balaban J connectivity index is 2.96. The van der Waals surface area contributed by atoms with Crippen LogP contribution < -0.4 is 0 Å². The van der Waals surface area contributed by atoms with Gasteiger partial charge in [0.15, 0.2) is 0 Å². The Hall–Kier alpha value is 0.0500. The van der Waals surface area contributed by atoms with E-state index in [1.807, 2.05) is 0 Å². The van der Waals surface area contributed by atoms with Crippen LogP contribution in [0.2, 0.25) is 10.0 Å². The molecule has 0 aliphatic heterocycles. The monoisotopic (exact) mass is 224 g/mol. The van der Waals surface area contributed by atoms with E-state index in [9.17, 15) is 5.11 Å². The Morgan fingerprint density at radius 3 is 2.42 bits per heavy atom. The van der Waals surface area contributed by atoms with E-state index >= 15 is 0 Å². The van der Waals surface area contributed by atoms with Gasteiger partial charge in [-0.25, -0.2) is 0 Å². The average molecular weight is 226 g/mol. The molecule has 0 saturated carbocycles. The van der Waals surface area contributed by atoms with Gasteiger partial charge in [0.05, 0.1) is 22.0 Å². The van der Waals surface area contributed by atoms with E-state index < -0.39 is 6.10 Å². The minimum absolute atomic E-state index is 0.151. The third-order valence-corrected chi connectivity index (χ3v) is 2.51. The van der Waals surface area contributed by atoms with Gasteiger partial charge in [-0.05, 0) is 17.7 Å². The first-order chi connectivity index (χ1) is 5.65. The van der Waals surface area contributed by atoms with Crippen molar-refractivity contribution in [1.82, 2.24) is 0 Å². The molecular formula is C8H7Cl3O. The summed E-state index contributed by atoms with van der Waals surface area (Å²) in [6, 6.07) is 4.94. The van der Waals surface area contributed by atoms with Crippen LogP contribution in [-0.2, 0) is 0 Å². The zero-order valence-electron chi connectivity index (χ0n) is 6.10. The van der Waals surface area contributed by atoms with E-state index in [4.69, 9.17) is 34.8 Å². The summed E-state index contributed by atoms with van der Waals surface area (Å²) in [5, 5.41) is 10.2. The molecule has 1 N–H and O–H groups in total. The highest BCUT2D eigenvalue weighted by molar-refractivity contribution is 6.42. The lowest BCUT2D eigenvalue weighted by Gasteiger charge is -2.07. The molecular weight excluding hydrogens is 218 g/mol. The number of aliphatic hydroxyl groups is 1. The highest BCUT2D eigenvalue weighted by atomic mass is 35.5. The minimum Gasteiger partial charge on any atom is -0.387 e. The molecule has 0 aliphatic rings. The van der Waals surface area contributed by atoms with E-state index in [0.29, 0.717) is 15.6 Å². The summed E-state index contributed by atoms with van der Waals surface area (Å²) < 4.78 is 0. The molecule has 0 amide bonds. The van der Waals surface area contributed by atoms with E-state index in [-0.39, 0.29) is 5.88 Å². The first-order valence-corrected chi connectivity index (χ1v) is 4.63. The molecule has 0 aromatic heterocycles. The fourth-order valence-corrected chi connectivity index (χ4v) is 1.29. The van der Waals surface area contributed by atoms with Crippen LogP contribution in [0.4, 0.5) is 0 Å². The maximum Gasteiger partial charge on any atom is 0.0925 e. The largest absolute Gasteiger partial charge is 0.387 e. The molecule has 12 heavy (non-hydrogen) atoms. The second-order valence-electron chi connectivity index (χ2n) is 2.34. The van der Waals surface area contributed by atoms with Crippen LogP contribution in [0.1, 0.15) is 11.7 Å². The van der Waals surface area contributed by atoms with Crippen LogP contribution >= 0.6 is 34.8 Å². The van der Waals surface area contributed by atoms with Gasteiger partial charge in [0, 0.05) is 0 Å². The maximum absolute atomic E-state index is 9.31. The Labute approximate surface area is 85.9 Å². The van der Waals surface area contributed by atoms with Crippen LogP contribution in [0.25, 0.3) is 0 Å². The fourth-order valence-electron chi connectivity index (χ4n) is 0.809. The Morgan fingerprint density at radius 1 is 1.25 bits per heavy atom. The molecule has 0 bridgehead atoms. The summed E-state index contributed by atoms with van der Waals surface area (Å²) in [6.07, 6.45) is -0.679. The molecule has 0 fully saturated rings. The predicted molar refractivity (Wildman–Crippen MR) is 52.1 cm³/mol. The number of aliphatic hydroxyl groups excluding tert-OH is 1. The normalized spacial score (nSPS) is 13.0. The topological polar surface area (TPSA) is 20.2 Å². The van der Waals surface area contributed by atoms with Crippen LogP contribution in [0, 0.1) is 0 Å². The molecule has 1 aromatic rings. The first kappa shape index (κ1) is 10.1. The Kier molecular flexibility index (Phi) is 3.66. The van der Waals surface area contributed by atoms with Crippen LogP contribution in [0.15, 0.2) is 18.2 Å². The standard InChI is InChI=1S/C8H7Cl3O/c9-4-8(12)5-1-2-6(10)7(11)3-5/h1-3,8,12H,4H2. The number of halogens is 3. The van der Waals surface area contributed by atoms with E-state index in [1.165, 1.54) is 0 Å². The minimum atomic E-state index is -0.679. The van der Waals surface area contributed by atoms with Crippen molar-refractivity contribution in [2.45, 2.75) is 6.10 Å². The number of benzene rings is 1. The van der Waals surface area contributed by atoms with Gasteiger partial charge < -0.3 is 5.11 Å². The summed E-state index contributed by atoms with van der Waals surface area (Å²) in [5.41, 5.74) is 0.680. The molecule has 0 radical (unpaired) electrons. The molecule has 1 aromatic carbocycles. The van der Waals surface area contributed by atoms with Gasteiger partial charge in [-0.1, -0.05) is 29.3 Å². The van der Waals surface area contributed by atoms with Gasteiger partial charge in [0.2, 0.25) is 0 Å². The SMILES string of the molecule is OC(CCl)c1ccc(Cl)c(Cl)c1. The molecule has 1 nitrogen and oxygen atoms in total. The van der Waals surface area contributed by atoms with Crippen molar-refractivity contribution in [3.8, 4) is 0 Å². The van der Waals surface area contributed by atoms with Crippen LogP contribution in [0.3, 0.4) is 0 Å². The first-order valence-electron chi connectivity index (χ1n) is 3.34. The highest BCUT2D eigenvalue weighted by Gasteiger charge is 2.07. The molecule has 1 unspecified atom stereocenters. The molecule has 0 spiro atoms. The lowest BCUT2D eigenvalue weighted by atomic mass is 10.1. The van der Waals surface area contributed by atoms with Crippen LogP contribution in [0.5, 0.6) is 0 Å². The lowest BCUT2D eigenvalue weighted by Crippen LogP contribution is -1.97. The molecule has 4 heteroatoms. The molecule has 0 saturated heterocycles. The van der Waals surface area contributed by atoms with Crippen molar-refractivity contribution < 1.29 is 5.11 Å². The number of rotatable bonds is 2. The molecule has 66 valence electrons. The van der Waals surface area contributed by atoms with Crippen molar-refractivity contribution in [3.05, 3.63) is 33.8 Å². The van der Waals surface area contributed by atoms with Gasteiger partial charge in [-0.3, -0.25) is 0 Å². The zero-order valence-corrected chi connectivity index (χ0v) is 8.37. The maximum atomic E-state index is 9.31. The van der Waals surface area contributed by atoms with E-state index in [1.54, 1.807) is 18.2 Å². The molecule has 1 rings (SSSR count). The Morgan fingerprint density at radius 2 is 1.92 bits per heavy atom. The summed E-state index contributed by atoms with van der Waals surface area (Å²) in [5.74, 6) is 0.151. The fraction of sp³-hybridized carbons (Fsp3) is 0.250. The summed E-state index contributed by atoms with van der Waals surface area (Å²) >= 11 is 16.9. The number of hydrogen-bond acceptors (Lipinski definition) is 1.